The molecular formula is C23H19ClFN3O3. The maximum Gasteiger partial charge on any atom is 0.249 e. The van der Waals surface area contributed by atoms with Crippen LogP contribution >= 0.6 is 11.6 Å². The third-order valence-electron chi connectivity index (χ3n) is 4.10. The average molecular weight is 440 g/mol. The minimum Gasteiger partial charge on any atom is -0.488 e. The van der Waals surface area contributed by atoms with E-state index in [1.165, 1.54) is 30.5 Å². The summed E-state index contributed by atoms with van der Waals surface area (Å²) in [7, 11) is 0. The minimum absolute atomic E-state index is 0.278. The van der Waals surface area contributed by atoms with E-state index < -0.39 is 24.1 Å². The third-order valence-corrected chi connectivity index (χ3v) is 4.47. The van der Waals surface area contributed by atoms with Gasteiger partial charge in [0.1, 0.15) is 24.6 Å². The normalized spacial score (nSPS) is 10.6. The number of halogens is 2. The molecule has 0 unspecified atom stereocenters. The summed E-state index contributed by atoms with van der Waals surface area (Å²) in [6, 6.07) is 19.8. The molecule has 0 aromatic heterocycles. The summed E-state index contributed by atoms with van der Waals surface area (Å²) in [5.74, 6) is -0.983. The maximum atomic E-state index is 12.9. The van der Waals surface area contributed by atoms with Gasteiger partial charge in [-0.05, 0) is 42.5 Å². The van der Waals surface area contributed by atoms with Gasteiger partial charge in [-0.15, -0.1) is 0 Å². The van der Waals surface area contributed by atoms with E-state index >= 15 is 0 Å². The fraction of sp³-hybridized carbons (Fsp3) is 0.0870. The molecule has 0 aliphatic carbocycles. The van der Waals surface area contributed by atoms with Crippen LogP contribution in [0, 0.1) is 5.82 Å². The molecule has 0 aliphatic rings. The first-order valence-electron chi connectivity index (χ1n) is 9.34. The molecule has 0 radical (unpaired) electrons. The van der Waals surface area contributed by atoms with E-state index in [4.69, 9.17) is 16.3 Å². The van der Waals surface area contributed by atoms with Gasteiger partial charge in [0, 0.05) is 21.8 Å². The highest BCUT2D eigenvalue weighted by molar-refractivity contribution is 6.31. The zero-order chi connectivity index (χ0) is 22.1. The van der Waals surface area contributed by atoms with Crippen LogP contribution in [0.25, 0.3) is 0 Å². The number of anilines is 1. The molecule has 3 rings (SSSR count). The molecule has 0 spiro atoms. The Bertz CT molecular complexity index is 1090. The molecule has 31 heavy (non-hydrogen) atoms. The van der Waals surface area contributed by atoms with Crippen molar-refractivity contribution in [2.75, 3.05) is 5.32 Å². The van der Waals surface area contributed by atoms with Gasteiger partial charge in [0.15, 0.2) is 0 Å². The molecule has 8 heteroatoms. The van der Waals surface area contributed by atoms with Gasteiger partial charge >= 0.3 is 0 Å². The Kier molecular flexibility index (Phi) is 7.73. The van der Waals surface area contributed by atoms with Crippen LogP contribution in [0.1, 0.15) is 17.5 Å². The Morgan fingerprint density at radius 1 is 0.968 bits per heavy atom. The number of nitrogens with one attached hydrogen (secondary N) is 2. The smallest absolute Gasteiger partial charge is 0.249 e. The van der Waals surface area contributed by atoms with Crippen molar-refractivity contribution in [3.05, 3.63) is 94.8 Å². The van der Waals surface area contributed by atoms with Crippen LogP contribution < -0.4 is 15.5 Å². The van der Waals surface area contributed by atoms with E-state index in [2.05, 4.69) is 15.8 Å². The molecule has 0 bridgehead atoms. The van der Waals surface area contributed by atoms with Crippen LogP contribution in [0.15, 0.2) is 77.9 Å². The molecule has 3 aromatic rings. The van der Waals surface area contributed by atoms with Gasteiger partial charge in [-0.1, -0.05) is 41.9 Å². The fourth-order valence-electron chi connectivity index (χ4n) is 2.59. The summed E-state index contributed by atoms with van der Waals surface area (Å²) in [5.41, 5.74) is 4.18. The van der Waals surface area contributed by atoms with Crippen molar-refractivity contribution in [3.8, 4) is 5.75 Å². The topological polar surface area (TPSA) is 79.8 Å². The monoisotopic (exact) mass is 439 g/mol. The number of hydrogen-bond donors (Lipinski definition) is 2. The second-order valence-electron chi connectivity index (χ2n) is 6.44. The molecule has 0 heterocycles. The molecular weight excluding hydrogens is 421 g/mol. The SMILES string of the molecule is O=C(CC(=O)Nc1ccc(F)cc1)NN=Cc1ccccc1OCc1ccccc1Cl. The Hall–Kier alpha value is -3.71. The summed E-state index contributed by atoms with van der Waals surface area (Å²) in [4.78, 5) is 23.8. The molecule has 2 amide bonds. The lowest BCUT2D eigenvalue weighted by atomic mass is 10.2. The van der Waals surface area contributed by atoms with Crippen molar-refractivity contribution in [1.29, 1.82) is 0 Å². The summed E-state index contributed by atoms with van der Waals surface area (Å²) >= 11 is 6.15. The van der Waals surface area contributed by atoms with E-state index in [1.807, 2.05) is 30.3 Å². The number of carbonyl (C=O) groups is 2. The summed E-state index contributed by atoms with van der Waals surface area (Å²) in [6.07, 6.45) is 0.997. The number of hydrazone groups is 1. The summed E-state index contributed by atoms with van der Waals surface area (Å²) in [6.45, 7) is 0.278. The van der Waals surface area contributed by atoms with E-state index in [0.717, 1.165) is 5.56 Å². The number of amides is 2. The number of carbonyl (C=O) groups excluding carboxylic acids is 2. The Morgan fingerprint density at radius 3 is 2.45 bits per heavy atom. The van der Waals surface area contributed by atoms with E-state index in [0.29, 0.717) is 22.0 Å². The fourth-order valence-corrected chi connectivity index (χ4v) is 2.78. The van der Waals surface area contributed by atoms with Gasteiger partial charge in [0.25, 0.3) is 0 Å². The standard InChI is InChI=1S/C23H19ClFN3O3/c24-20-7-3-1-6-17(20)15-31-21-8-4-2-5-16(21)14-26-28-23(30)13-22(29)27-19-11-9-18(25)10-12-19/h1-12,14H,13,15H2,(H,27,29)(H,28,30). The maximum absolute atomic E-state index is 12.9. The van der Waals surface area contributed by atoms with Crippen molar-refractivity contribution >= 4 is 35.3 Å². The summed E-state index contributed by atoms with van der Waals surface area (Å²) < 4.78 is 18.7. The van der Waals surface area contributed by atoms with Crippen LogP contribution in [0.2, 0.25) is 5.02 Å². The van der Waals surface area contributed by atoms with Crippen molar-refractivity contribution in [2.24, 2.45) is 5.10 Å². The van der Waals surface area contributed by atoms with Crippen molar-refractivity contribution in [2.45, 2.75) is 13.0 Å². The lowest BCUT2D eigenvalue weighted by Gasteiger charge is -2.10. The van der Waals surface area contributed by atoms with Crippen molar-refractivity contribution < 1.29 is 18.7 Å². The Balaban J connectivity index is 1.52. The van der Waals surface area contributed by atoms with Gasteiger partial charge in [-0.2, -0.15) is 5.10 Å². The zero-order valence-corrected chi connectivity index (χ0v) is 17.1. The van der Waals surface area contributed by atoms with E-state index in [9.17, 15) is 14.0 Å². The van der Waals surface area contributed by atoms with Gasteiger partial charge < -0.3 is 10.1 Å². The number of rotatable bonds is 8. The quantitative estimate of drug-likeness (QED) is 0.307. The molecule has 0 aliphatic heterocycles. The van der Waals surface area contributed by atoms with Crippen molar-refractivity contribution in [3.63, 3.8) is 0 Å². The van der Waals surface area contributed by atoms with Crippen LogP contribution in [-0.4, -0.2) is 18.0 Å². The second-order valence-corrected chi connectivity index (χ2v) is 6.85. The largest absolute Gasteiger partial charge is 0.488 e. The lowest BCUT2D eigenvalue weighted by molar-refractivity contribution is -0.126. The molecule has 0 saturated carbocycles. The molecule has 0 fully saturated rings. The first-order chi connectivity index (χ1) is 15.0. The average Bonchev–Trinajstić information content (AvgIpc) is 2.75. The number of benzene rings is 3. The van der Waals surface area contributed by atoms with Gasteiger partial charge in [-0.25, -0.2) is 9.82 Å². The van der Waals surface area contributed by atoms with E-state index in [1.54, 1.807) is 18.2 Å². The first kappa shape index (κ1) is 22.0. The molecule has 6 nitrogen and oxygen atoms in total. The van der Waals surface area contributed by atoms with Gasteiger partial charge in [0.05, 0.1) is 6.21 Å². The van der Waals surface area contributed by atoms with Crippen LogP contribution in [0.3, 0.4) is 0 Å². The van der Waals surface area contributed by atoms with E-state index in [-0.39, 0.29) is 6.61 Å². The highest BCUT2D eigenvalue weighted by Gasteiger charge is 2.09. The highest BCUT2D eigenvalue weighted by atomic mass is 35.5. The highest BCUT2D eigenvalue weighted by Crippen LogP contribution is 2.21. The molecule has 0 atom stereocenters. The zero-order valence-electron chi connectivity index (χ0n) is 16.3. The van der Waals surface area contributed by atoms with Gasteiger partial charge in [-0.3, -0.25) is 9.59 Å². The Morgan fingerprint density at radius 2 is 1.68 bits per heavy atom. The second kappa shape index (κ2) is 10.9. The number of ether oxygens (including phenoxy) is 1. The first-order valence-corrected chi connectivity index (χ1v) is 9.71. The number of hydrogen-bond acceptors (Lipinski definition) is 4. The van der Waals surface area contributed by atoms with Crippen molar-refractivity contribution in [1.82, 2.24) is 5.43 Å². The minimum atomic E-state index is -0.592. The molecule has 158 valence electrons. The van der Waals surface area contributed by atoms with Crippen LogP contribution in [0.5, 0.6) is 5.75 Å². The number of para-hydroxylation sites is 1. The molecule has 2 N–H and O–H groups in total. The van der Waals surface area contributed by atoms with Crippen LogP contribution in [0.4, 0.5) is 10.1 Å². The third kappa shape index (κ3) is 6.94. The molecule has 0 saturated heterocycles. The lowest BCUT2D eigenvalue weighted by Crippen LogP contribution is -2.24. The molecule has 3 aromatic carbocycles. The van der Waals surface area contributed by atoms with Crippen LogP contribution in [-0.2, 0) is 16.2 Å². The number of nitrogens with zero attached hydrogens (tertiary/aromatic N) is 1. The van der Waals surface area contributed by atoms with Gasteiger partial charge in [0.2, 0.25) is 11.8 Å². The predicted molar refractivity (Wildman–Crippen MR) is 118 cm³/mol. The predicted octanol–water partition coefficient (Wildman–Crippen LogP) is 4.54. The summed E-state index contributed by atoms with van der Waals surface area (Å²) in [5, 5.41) is 7.00. The Labute approximate surface area is 183 Å².